The van der Waals surface area contributed by atoms with Crippen molar-refractivity contribution >= 4 is 5.91 Å². The van der Waals surface area contributed by atoms with Crippen LogP contribution in [0.3, 0.4) is 0 Å². The number of alkyl halides is 6. The highest BCUT2D eigenvalue weighted by atomic mass is 19.4. The first kappa shape index (κ1) is 19.8. The maximum atomic E-state index is 13.4. The Kier molecular flexibility index (Phi) is 5.31. The van der Waals surface area contributed by atoms with Crippen LogP contribution in [0.2, 0.25) is 0 Å². The molecule has 1 aromatic carbocycles. The Morgan fingerprint density at radius 3 is 2.42 bits per heavy atom. The van der Waals surface area contributed by atoms with Gasteiger partial charge in [0.05, 0.1) is 29.6 Å². The monoisotopic (exact) mass is 381 g/mol. The molecule has 2 N–H and O–H groups in total. The first-order chi connectivity index (χ1) is 11.9. The number of nitrogens with one attached hydrogen (secondary N) is 1. The Bertz CT molecular complexity index is 797. The summed E-state index contributed by atoms with van der Waals surface area (Å²) in [6.07, 6.45) is -9.19. The number of aromatic nitrogens is 2. The molecule has 0 radical (unpaired) electrons. The van der Waals surface area contributed by atoms with E-state index in [0.29, 0.717) is 18.3 Å². The van der Waals surface area contributed by atoms with Crippen LogP contribution in [-0.4, -0.2) is 33.4 Å². The van der Waals surface area contributed by atoms with Crippen molar-refractivity contribution in [3.8, 4) is 5.69 Å². The molecule has 1 atom stereocenters. The van der Waals surface area contributed by atoms with Gasteiger partial charge in [-0.3, -0.25) is 4.79 Å². The van der Waals surface area contributed by atoms with Gasteiger partial charge in [-0.15, -0.1) is 0 Å². The van der Waals surface area contributed by atoms with E-state index < -0.39 is 53.4 Å². The van der Waals surface area contributed by atoms with Crippen LogP contribution in [-0.2, 0) is 12.4 Å². The van der Waals surface area contributed by atoms with E-state index in [-0.39, 0.29) is 4.68 Å². The lowest BCUT2D eigenvalue weighted by atomic mass is 10.1. The summed E-state index contributed by atoms with van der Waals surface area (Å²) in [6, 6.07) is 2.33. The highest BCUT2D eigenvalue weighted by molar-refractivity contribution is 5.95. The SMILES string of the molecule is CC(CO)NC(=O)c1cnn(-c2cccc(C(F)(F)F)c2)c1C(F)(F)F. The van der Waals surface area contributed by atoms with Gasteiger partial charge in [0, 0.05) is 6.04 Å². The number of carbonyl (C=O) groups excluding carboxylic acids is 1. The second kappa shape index (κ2) is 6.98. The van der Waals surface area contributed by atoms with E-state index in [0.717, 1.165) is 12.1 Å². The summed E-state index contributed by atoms with van der Waals surface area (Å²) in [5.74, 6) is -1.16. The number of hydrogen-bond acceptors (Lipinski definition) is 3. The van der Waals surface area contributed by atoms with Crippen molar-refractivity contribution in [3.05, 3.63) is 47.3 Å². The highest BCUT2D eigenvalue weighted by Gasteiger charge is 2.41. The zero-order chi connectivity index (χ0) is 19.7. The molecule has 0 aliphatic carbocycles. The summed E-state index contributed by atoms with van der Waals surface area (Å²) in [5.41, 5.74) is -4.03. The highest BCUT2D eigenvalue weighted by Crippen LogP contribution is 2.35. The van der Waals surface area contributed by atoms with Gasteiger partial charge in [0.1, 0.15) is 0 Å². The fraction of sp³-hybridized carbons (Fsp3) is 0.333. The predicted molar refractivity (Wildman–Crippen MR) is 77.6 cm³/mol. The molecule has 0 aliphatic heterocycles. The van der Waals surface area contributed by atoms with Gasteiger partial charge in [-0.25, -0.2) is 4.68 Å². The number of aliphatic hydroxyl groups excluding tert-OH is 1. The van der Waals surface area contributed by atoms with E-state index in [1.807, 2.05) is 0 Å². The molecule has 11 heteroatoms. The number of aliphatic hydroxyl groups is 1. The molecule has 5 nitrogen and oxygen atoms in total. The molecule has 1 amide bonds. The number of amides is 1. The largest absolute Gasteiger partial charge is 0.434 e. The predicted octanol–water partition coefficient (Wildman–Crippen LogP) is 3.02. The summed E-state index contributed by atoms with van der Waals surface area (Å²) in [5, 5.41) is 14.5. The zero-order valence-corrected chi connectivity index (χ0v) is 13.2. The lowest BCUT2D eigenvalue weighted by Gasteiger charge is -2.15. The minimum absolute atomic E-state index is 0.230. The van der Waals surface area contributed by atoms with Crippen LogP contribution in [0.4, 0.5) is 26.3 Å². The van der Waals surface area contributed by atoms with Crippen molar-refractivity contribution in [1.29, 1.82) is 0 Å². The first-order valence-electron chi connectivity index (χ1n) is 7.19. The number of nitrogens with zero attached hydrogens (tertiary/aromatic N) is 2. The van der Waals surface area contributed by atoms with Crippen LogP contribution in [0.25, 0.3) is 5.69 Å². The molecular weight excluding hydrogens is 368 g/mol. The second-order valence-electron chi connectivity index (χ2n) is 5.42. The number of hydrogen-bond donors (Lipinski definition) is 2. The summed E-state index contributed by atoms with van der Waals surface area (Å²) < 4.78 is 78.9. The molecule has 1 heterocycles. The van der Waals surface area contributed by atoms with Crippen molar-refractivity contribution in [2.75, 3.05) is 6.61 Å². The van der Waals surface area contributed by atoms with Crippen LogP contribution in [0.1, 0.15) is 28.5 Å². The molecule has 2 aromatic rings. The Morgan fingerprint density at radius 1 is 1.23 bits per heavy atom. The molecule has 1 unspecified atom stereocenters. The Balaban J connectivity index is 2.56. The van der Waals surface area contributed by atoms with Gasteiger partial charge >= 0.3 is 12.4 Å². The van der Waals surface area contributed by atoms with Crippen molar-refractivity contribution in [2.45, 2.75) is 25.3 Å². The molecule has 1 aromatic heterocycles. The van der Waals surface area contributed by atoms with Gasteiger partial charge in [0.2, 0.25) is 0 Å². The van der Waals surface area contributed by atoms with E-state index in [4.69, 9.17) is 5.11 Å². The molecule has 0 aliphatic rings. The average Bonchev–Trinajstić information content (AvgIpc) is 2.99. The van der Waals surface area contributed by atoms with E-state index in [9.17, 15) is 31.1 Å². The number of rotatable bonds is 4. The molecule has 0 saturated heterocycles. The maximum absolute atomic E-state index is 13.4. The standard InChI is InChI=1S/C15H13F6N3O2/c1-8(7-25)23-13(26)11-6-22-24(12(11)15(19,20)21)10-4-2-3-9(5-10)14(16,17)18/h2-6,8,25H,7H2,1H3,(H,23,26). The maximum Gasteiger partial charge on any atom is 0.434 e. The summed E-state index contributed by atoms with van der Waals surface area (Å²) >= 11 is 0. The molecule has 0 bridgehead atoms. The number of benzene rings is 1. The third kappa shape index (κ3) is 4.15. The van der Waals surface area contributed by atoms with Gasteiger partial charge in [0.15, 0.2) is 5.69 Å². The van der Waals surface area contributed by atoms with Gasteiger partial charge in [-0.2, -0.15) is 31.4 Å². The average molecular weight is 381 g/mol. The molecule has 0 spiro atoms. The van der Waals surface area contributed by atoms with Crippen LogP contribution < -0.4 is 5.32 Å². The lowest BCUT2D eigenvalue weighted by molar-refractivity contribution is -0.143. The minimum atomic E-state index is -5.06. The summed E-state index contributed by atoms with van der Waals surface area (Å²) in [7, 11) is 0. The molecular formula is C15H13F6N3O2. The first-order valence-corrected chi connectivity index (χ1v) is 7.19. The fourth-order valence-electron chi connectivity index (χ4n) is 2.14. The van der Waals surface area contributed by atoms with Crippen LogP contribution in [0, 0.1) is 0 Å². The van der Waals surface area contributed by atoms with Crippen molar-refractivity contribution in [1.82, 2.24) is 15.1 Å². The van der Waals surface area contributed by atoms with Gasteiger partial charge < -0.3 is 10.4 Å². The zero-order valence-electron chi connectivity index (χ0n) is 13.2. The quantitative estimate of drug-likeness (QED) is 0.801. The Hall–Kier alpha value is -2.56. The van der Waals surface area contributed by atoms with E-state index >= 15 is 0 Å². The van der Waals surface area contributed by atoms with Crippen molar-refractivity contribution < 1.29 is 36.2 Å². The molecule has 142 valence electrons. The third-order valence-electron chi connectivity index (χ3n) is 3.35. The van der Waals surface area contributed by atoms with Gasteiger partial charge in [-0.05, 0) is 25.1 Å². The molecule has 0 fully saturated rings. The van der Waals surface area contributed by atoms with Gasteiger partial charge in [-0.1, -0.05) is 6.07 Å². The second-order valence-corrected chi connectivity index (χ2v) is 5.42. The van der Waals surface area contributed by atoms with Crippen LogP contribution in [0.15, 0.2) is 30.5 Å². The Labute approximate surface area is 143 Å². The fourth-order valence-corrected chi connectivity index (χ4v) is 2.14. The van der Waals surface area contributed by atoms with Crippen LogP contribution in [0.5, 0.6) is 0 Å². The lowest BCUT2D eigenvalue weighted by Crippen LogP contribution is -2.36. The number of carbonyl (C=O) groups is 1. The minimum Gasteiger partial charge on any atom is -0.394 e. The molecule has 26 heavy (non-hydrogen) atoms. The van der Waals surface area contributed by atoms with Crippen molar-refractivity contribution in [2.24, 2.45) is 0 Å². The van der Waals surface area contributed by atoms with Crippen molar-refractivity contribution in [3.63, 3.8) is 0 Å². The third-order valence-corrected chi connectivity index (χ3v) is 3.35. The van der Waals surface area contributed by atoms with E-state index in [1.165, 1.54) is 6.92 Å². The smallest absolute Gasteiger partial charge is 0.394 e. The topological polar surface area (TPSA) is 67.2 Å². The van der Waals surface area contributed by atoms with Gasteiger partial charge in [0.25, 0.3) is 5.91 Å². The summed E-state index contributed by atoms with van der Waals surface area (Å²) in [6.45, 7) is 0.858. The van der Waals surface area contributed by atoms with E-state index in [2.05, 4.69) is 10.4 Å². The molecule has 0 saturated carbocycles. The normalized spacial score (nSPS) is 13.5. The molecule has 2 rings (SSSR count). The number of halogens is 6. The van der Waals surface area contributed by atoms with Crippen LogP contribution >= 0.6 is 0 Å². The Morgan fingerprint density at radius 2 is 1.88 bits per heavy atom. The summed E-state index contributed by atoms with van der Waals surface area (Å²) in [4.78, 5) is 12.0. The van der Waals surface area contributed by atoms with E-state index in [1.54, 1.807) is 0 Å².